The van der Waals surface area contributed by atoms with E-state index in [9.17, 15) is 0 Å². The van der Waals surface area contributed by atoms with Crippen LogP contribution in [0.1, 0.15) is 11.5 Å². The first-order valence-corrected chi connectivity index (χ1v) is 5.80. The van der Waals surface area contributed by atoms with Crippen LogP contribution in [0.5, 0.6) is 0 Å². The minimum atomic E-state index is 0.606. The van der Waals surface area contributed by atoms with Gasteiger partial charge in [-0.1, -0.05) is 18.2 Å². The van der Waals surface area contributed by atoms with Gasteiger partial charge in [0.1, 0.15) is 5.76 Å². The average Bonchev–Trinajstić information content (AvgIpc) is 2.89. The summed E-state index contributed by atoms with van der Waals surface area (Å²) in [5, 5.41) is 4.45. The first-order chi connectivity index (χ1) is 8.83. The van der Waals surface area contributed by atoms with Crippen molar-refractivity contribution in [2.75, 3.05) is 5.32 Å². The van der Waals surface area contributed by atoms with Gasteiger partial charge in [-0.05, 0) is 19.1 Å². The maximum Gasteiger partial charge on any atom is 0.180 e. The fourth-order valence-electron chi connectivity index (χ4n) is 1.90. The number of nitrogens with one attached hydrogen (secondary N) is 1. The monoisotopic (exact) mass is 239 g/mol. The summed E-state index contributed by atoms with van der Waals surface area (Å²) in [4.78, 5) is 8.46. The molecule has 1 aromatic carbocycles. The third kappa shape index (κ3) is 2.05. The molecule has 2 aromatic heterocycles. The lowest BCUT2D eigenvalue weighted by molar-refractivity contribution is 0.512. The second-order valence-electron chi connectivity index (χ2n) is 4.15. The maximum absolute atomic E-state index is 5.20. The van der Waals surface area contributed by atoms with Gasteiger partial charge in [0.15, 0.2) is 6.39 Å². The minimum absolute atomic E-state index is 0.606. The van der Waals surface area contributed by atoms with Gasteiger partial charge in [0.05, 0.1) is 23.9 Å². The maximum atomic E-state index is 5.20. The summed E-state index contributed by atoms with van der Waals surface area (Å²) >= 11 is 0. The highest BCUT2D eigenvalue weighted by Gasteiger charge is 2.03. The molecule has 0 bridgehead atoms. The van der Waals surface area contributed by atoms with Crippen LogP contribution in [0.4, 0.5) is 5.69 Å². The third-order valence-electron chi connectivity index (χ3n) is 2.80. The van der Waals surface area contributed by atoms with Crippen molar-refractivity contribution in [3.63, 3.8) is 0 Å². The Morgan fingerprint density at radius 2 is 2.17 bits per heavy atom. The van der Waals surface area contributed by atoms with E-state index in [1.54, 1.807) is 6.20 Å². The van der Waals surface area contributed by atoms with E-state index < -0.39 is 0 Å². The van der Waals surface area contributed by atoms with Crippen molar-refractivity contribution in [2.24, 2.45) is 0 Å². The number of para-hydroxylation sites is 1. The van der Waals surface area contributed by atoms with Gasteiger partial charge in [0.25, 0.3) is 0 Å². The Balaban J connectivity index is 1.93. The Morgan fingerprint density at radius 3 is 3.00 bits per heavy atom. The fourth-order valence-corrected chi connectivity index (χ4v) is 1.90. The molecule has 0 spiro atoms. The van der Waals surface area contributed by atoms with E-state index in [2.05, 4.69) is 27.4 Å². The van der Waals surface area contributed by atoms with Gasteiger partial charge in [-0.2, -0.15) is 0 Å². The van der Waals surface area contributed by atoms with Crippen molar-refractivity contribution in [1.82, 2.24) is 9.97 Å². The highest BCUT2D eigenvalue weighted by Crippen LogP contribution is 2.22. The summed E-state index contributed by atoms with van der Waals surface area (Å²) in [6.45, 7) is 2.60. The van der Waals surface area contributed by atoms with E-state index in [-0.39, 0.29) is 0 Å². The number of hydrogen-bond donors (Lipinski definition) is 1. The fraction of sp³-hybridized carbons (Fsp3) is 0.143. The van der Waals surface area contributed by atoms with E-state index in [4.69, 9.17) is 4.42 Å². The van der Waals surface area contributed by atoms with Gasteiger partial charge in [0, 0.05) is 11.1 Å². The van der Waals surface area contributed by atoms with Gasteiger partial charge in [0.2, 0.25) is 0 Å². The third-order valence-corrected chi connectivity index (χ3v) is 2.80. The average molecular weight is 239 g/mol. The van der Waals surface area contributed by atoms with E-state index in [1.165, 1.54) is 6.39 Å². The first kappa shape index (κ1) is 10.8. The molecule has 2 heterocycles. The molecule has 1 N–H and O–H groups in total. The number of aryl methyl sites for hydroxylation is 1. The molecular formula is C14H13N3O. The smallest absolute Gasteiger partial charge is 0.180 e. The first-order valence-electron chi connectivity index (χ1n) is 5.80. The van der Waals surface area contributed by atoms with Crippen LogP contribution in [-0.2, 0) is 6.54 Å². The van der Waals surface area contributed by atoms with E-state index in [0.29, 0.717) is 6.54 Å². The number of aromatic nitrogens is 2. The Labute approximate surface area is 105 Å². The van der Waals surface area contributed by atoms with Crippen LogP contribution in [0.3, 0.4) is 0 Å². The Kier molecular flexibility index (Phi) is 2.68. The van der Waals surface area contributed by atoms with Crippen LogP contribution in [0, 0.1) is 6.92 Å². The largest absolute Gasteiger partial charge is 0.447 e. The van der Waals surface area contributed by atoms with Crippen LogP contribution in [0.15, 0.2) is 47.3 Å². The number of rotatable bonds is 3. The molecule has 18 heavy (non-hydrogen) atoms. The molecule has 90 valence electrons. The minimum Gasteiger partial charge on any atom is -0.447 e. The van der Waals surface area contributed by atoms with Crippen LogP contribution in [-0.4, -0.2) is 9.97 Å². The van der Waals surface area contributed by atoms with Crippen molar-refractivity contribution < 1.29 is 4.42 Å². The second-order valence-corrected chi connectivity index (χ2v) is 4.15. The molecule has 0 radical (unpaired) electrons. The van der Waals surface area contributed by atoms with E-state index in [0.717, 1.165) is 28.0 Å². The molecule has 0 saturated carbocycles. The van der Waals surface area contributed by atoms with Gasteiger partial charge < -0.3 is 9.73 Å². The number of anilines is 1. The number of oxazole rings is 1. The molecular weight excluding hydrogens is 226 g/mol. The molecule has 0 aliphatic heterocycles. The zero-order chi connectivity index (χ0) is 12.4. The van der Waals surface area contributed by atoms with Crippen molar-refractivity contribution in [2.45, 2.75) is 13.5 Å². The summed E-state index contributed by atoms with van der Waals surface area (Å²) in [6.07, 6.45) is 3.14. The van der Waals surface area contributed by atoms with Crippen molar-refractivity contribution in [3.05, 3.63) is 54.4 Å². The summed E-state index contributed by atoms with van der Waals surface area (Å²) in [6, 6.07) is 10.2. The zero-order valence-electron chi connectivity index (χ0n) is 10.1. The molecule has 4 nitrogen and oxygen atoms in total. The number of benzene rings is 1. The lowest BCUT2D eigenvalue weighted by Crippen LogP contribution is -1.99. The van der Waals surface area contributed by atoms with Gasteiger partial charge in [-0.25, -0.2) is 4.98 Å². The van der Waals surface area contributed by atoms with Crippen LogP contribution in [0.25, 0.3) is 10.9 Å². The highest BCUT2D eigenvalue weighted by molar-refractivity contribution is 5.90. The highest BCUT2D eigenvalue weighted by atomic mass is 16.3. The van der Waals surface area contributed by atoms with E-state index in [1.807, 2.05) is 25.1 Å². The lowest BCUT2D eigenvalue weighted by Gasteiger charge is -2.08. The molecule has 0 aliphatic carbocycles. The summed E-state index contributed by atoms with van der Waals surface area (Å²) in [5.74, 6) is 0.805. The summed E-state index contributed by atoms with van der Waals surface area (Å²) in [7, 11) is 0. The van der Waals surface area contributed by atoms with Crippen molar-refractivity contribution >= 4 is 16.6 Å². The molecule has 0 atom stereocenters. The molecule has 0 aliphatic rings. The Hall–Kier alpha value is -2.36. The van der Waals surface area contributed by atoms with Crippen molar-refractivity contribution in [1.29, 1.82) is 0 Å². The van der Waals surface area contributed by atoms with Crippen LogP contribution >= 0.6 is 0 Å². The SMILES string of the molecule is Cc1ccc2cccc(NCc3cnco3)c2n1. The van der Waals surface area contributed by atoms with Gasteiger partial charge in [-0.15, -0.1) is 0 Å². The number of nitrogens with zero attached hydrogens (tertiary/aromatic N) is 2. The molecule has 4 heteroatoms. The molecule has 0 amide bonds. The summed E-state index contributed by atoms with van der Waals surface area (Å²) in [5.41, 5.74) is 3.00. The van der Waals surface area contributed by atoms with Gasteiger partial charge in [-0.3, -0.25) is 4.98 Å². The lowest BCUT2D eigenvalue weighted by atomic mass is 10.1. The standard InChI is InChI=1S/C14H13N3O/c1-10-5-6-11-3-2-4-13(14(11)17-10)16-8-12-7-15-9-18-12/h2-7,9,16H,8H2,1H3. The van der Waals surface area contributed by atoms with Gasteiger partial charge >= 0.3 is 0 Å². The van der Waals surface area contributed by atoms with Crippen molar-refractivity contribution in [3.8, 4) is 0 Å². The second kappa shape index (κ2) is 4.49. The molecule has 0 fully saturated rings. The number of fused-ring (bicyclic) bond motifs is 1. The normalized spacial score (nSPS) is 10.7. The van der Waals surface area contributed by atoms with Crippen LogP contribution in [0.2, 0.25) is 0 Å². The predicted octanol–water partition coefficient (Wildman–Crippen LogP) is 3.14. The van der Waals surface area contributed by atoms with Crippen LogP contribution < -0.4 is 5.32 Å². The zero-order valence-corrected chi connectivity index (χ0v) is 10.1. The number of pyridine rings is 1. The topological polar surface area (TPSA) is 51.0 Å². The Morgan fingerprint density at radius 1 is 1.22 bits per heavy atom. The molecule has 3 rings (SSSR count). The molecule has 0 saturated heterocycles. The van der Waals surface area contributed by atoms with E-state index >= 15 is 0 Å². The molecule has 3 aromatic rings. The Bertz CT molecular complexity index is 662. The molecule has 0 unspecified atom stereocenters. The number of hydrogen-bond acceptors (Lipinski definition) is 4. The summed E-state index contributed by atoms with van der Waals surface area (Å²) < 4.78 is 5.20. The predicted molar refractivity (Wildman–Crippen MR) is 70.3 cm³/mol. The quantitative estimate of drug-likeness (QED) is 0.762.